The molecule has 41 heavy (non-hydrogen) atoms. The topological polar surface area (TPSA) is 140 Å². The number of urea groups is 1. The predicted octanol–water partition coefficient (Wildman–Crippen LogP) is 4.42. The number of nitrogens with one attached hydrogen (secondary N) is 2. The van der Waals surface area contributed by atoms with Crippen molar-refractivity contribution >= 4 is 81.4 Å². The van der Waals surface area contributed by atoms with Crippen molar-refractivity contribution in [2.45, 2.75) is 0 Å². The van der Waals surface area contributed by atoms with E-state index in [2.05, 4.69) is 15.4 Å². The third-order valence-corrected chi connectivity index (χ3v) is 6.84. The highest BCUT2D eigenvalue weighted by molar-refractivity contribution is 14.1. The van der Waals surface area contributed by atoms with Gasteiger partial charge in [-0.1, -0.05) is 23.7 Å². The highest BCUT2D eigenvalue weighted by atomic mass is 127. The van der Waals surface area contributed by atoms with Crippen LogP contribution < -0.4 is 25.0 Å². The molecule has 1 aliphatic heterocycles. The molecule has 5 amide bonds. The number of ether oxygens (including phenoxy) is 3. The Bertz CT molecular complexity index is 1590. The standard InChI is InChI=1S/C28H21ClIN3O8/c1-39-22-13-15(12-20(30)24(22)41-14-23(34)31-21-6-4-3-5-19(21)29)11-18-25(35)32-28(38)33(26(18)36)17-9-7-16(8-10-17)27(37)40-2/h3-13H,14H2,1-2H3,(H,31,34)(H,32,35,38)/b18-11-. The van der Waals surface area contributed by atoms with Crippen LogP contribution >= 0.6 is 34.2 Å². The van der Waals surface area contributed by atoms with Gasteiger partial charge in [-0.3, -0.25) is 19.7 Å². The van der Waals surface area contributed by atoms with Gasteiger partial charge in [0.15, 0.2) is 18.1 Å². The number of benzene rings is 3. The average molecular weight is 690 g/mol. The van der Waals surface area contributed by atoms with E-state index in [1.807, 2.05) is 22.6 Å². The summed E-state index contributed by atoms with van der Waals surface area (Å²) in [4.78, 5) is 63.3. The fraction of sp³-hybridized carbons (Fsp3) is 0.107. The summed E-state index contributed by atoms with van der Waals surface area (Å²) >= 11 is 8.05. The van der Waals surface area contributed by atoms with Crippen LogP contribution in [-0.2, 0) is 19.1 Å². The molecule has 1 fully saturated rings. The van der Waals surface area contributed by atoms with Crippen molar-refractivity contribution < 1.29 is 38.2 Å². The number of hydrogen-bond donors (Lipinski definition) is 2. The highest BCUT2D eigenvalue weighted by Gasteiger charge is 2.37. The summed E-state index contributed by atoms with van der Waals surface area (Å²) in [5.74, 6) is -2.27. The molecule has 3 aromatic rings. The van der Waals surface area contributed by atoms with Gasteiger partial charge in [0, 0.05) is 0 Å². The van der Waals surface area contributed by atoms with E-state index in [1.54, 1.807) is 30.3 Å². The Hall–Kier alpha value is -4.43. The molecule has 0 aromatic heterocycles. The van der Waals surface area contributed by atoms with E-state index in [1.165, 1.54) is 50.6 Å². The SMILES string of the molecule is COC(=O)c1ccc(N2C(=O)NC(=O)/C(=C/c3cc(I)c(OCC(=O)Nc4ccccc4Cl)c(OC)c3)C2=O)cc1. The molecule has 210 valence electrons. The molecule has 11 nitrogen and oxygen atoms in total. The second kappa shape index (κ2) is 12.8. The van der Waals surface area contributed by atoms with Crippen LogP contribution in [0.3, 0.4) is 0 Å². The number of anilines is 2. The maximum absolute atomic E-state index is 13.3. The zero-order valence-electron chi connectivity index (χ0n) is 21.5. The van der Waals surface area contributed by atoms with Gasteiger partial charge in [0.05, 0.1) is 39.8 Å². The van der Waals surface area contributed by atoms with Crippen LogP contribution in [0.4, 0.5) is 16.2 Å². The van der Waals surface area contributed by atoms with Crippen molar-refractivity contribution in [3.8, 4) is 11.5 Å². The van der Waals surface area contributed by atoms with Crippen molar-refractivity contribution in [1.82, 2.24) is 5.32 Å². The van der Waals surface area contributed by atoms with Crippen LogP contribution in [0.15, 0.2) is 66.2 Å². The molecule has 4 rings (SSSR count). The van der Waals surface area contributed by atoms with Gasteiger partial charge in [0.2, 0.25) is 0 Å². The predicted molar refractivity (Wildman–Crippen MR) is 158 cm³/mol. The van der Waals surface area contributed by atoms with Crippen molar-refractivity contribution in [3.63, 3.8) is 0 Å². The molecule has 0 atom stereocenters. The zero-order valence-corrected chi connectivity index (χ0v) is 24.4. The number of amides is 5. The molecule has 3 aromatic carbocycles. The van der Waals surface area contributed by atoms with Crippen LogP contribution in [0.2, 0.25) is 5.02 Å². The second-order valence-corrected chi connectivity index (χ2v) is 9.92. The van der Waals surface area contributed by atoms with Gasteiger partial charge in [0.1, 0.15) is 5.57 Å². The van der Waals surface area contributed by atoms with Gasteiger partial charge in [-0.25, -0.2) is 14.5 Å². The molecule has 1 heterocycles. The Morgan fingerprint density at radius 2 is 1.76 bits per heavy atom. The fourth-order valence-corrected chi connectivity index (χ4v) is 4.74. The molecule has 0 radical (unpaired) electrons. The third kappa shape index (κ3) is 6.66. The van der Waals surface area contributed by atoms with Crippen LogP contribution in [0.1, 0.15) is 15.9 Å². The van der Waals surface area contributed by atoms with Crippen molar-refractivity contribution in [1.29, 1.82) is 0 Å². The van der Waals surface area contributed by atoms with Crippen molar-refractivity contribution in [3.05, 3.63) is 86.0 Å². The Morgan fingerprint density at radius 3 is 2.41 bits per heavy atom. The smallest absolute Gasteiger partial charge is 0.337 e. The maximum Gasteiger partial charge on any atom is 0.337 e. The number of para-hydroxylation sites is 1. The first kappa shape index (κ1) is 29.6. The number of hydrogen-bond acceptors (Lipinski definition) is 8. The van der Waals surface area contributed by atoms with E-state index in [-0.39, 0.29) is 34.9 Å². The van der Waals surface area contributed by atoms with E-state index >= 15 is 0 Å². The molecule has 0 saturated carbocycles. The van der Waals surface area contributed by atoms with Crippen molar-refractivity contribution in [2.75, 3.05) is 31.0 Å². The Morgan fingerprint density at radius 1 is 1.05 bits per heavy atom. The number of methoxy groups -OCH3 is 2. The zero-order chi connectivity index (χ0) is 29.7. The quantitative estimate of drug-likeness (QED) is 0.153. The third-order valence-electron chi connectivity index (χ3n) is 5.71. The summed E-state index contributed by atoms with van der Waals surface area (Å²) in [6.07, 6.45) is 1.30. The molecule has 1 aliphatic rings. The maximum atomic E-state index is 13.3. The van der Waals surface area contributed by atoms with E-state index < -0.39 is 29.7 Å². The lowest BCUT2D eigenvalue weighted by atomic mass is 10.1. The molecule has 0 bridgehead atoms. The fourth-order valence-electron chi connectivity index (χ4n) is 3.77. The van der Waals surface area contributed by atoms with Gasteiger partial charge < -0.3 is 19.5 Å². The molecule has 0 unspecified atom stereocenters. The minimum absolute atomic E-state index is 0.143. The first-order chi connectivity index (χ1) is 19.6. The summed E-state index contributed by atoms with van der Waals surface area (Å²) in [5, 5.41) is 5.18. The largest absolute Gasteiger partial charge is 0.493 e. The molecule has 13 heteroatoms. The number of barbiturate groups is 1. The van der Waals surface area contributed by atoms with E-state index in [4.69, 9.17) is 21.1 Å². The Labute approximate surface area is 252 Å². The number of nitrogens with zero attached hydrogens (tertiary/aromatic N) is 1. The van der Waals surface area contributed by atoms with Gasteiger partial charge in [-0.2, -0.15) is 0 Å². The van der Waals surface area contributed by atoms with Gasteiger partial charge in [0.25, 0.3) is 17.7 Å². The molecule has 1 saturated heterocycles. The first-order valence-electron chi connectivity index (χ1n) is 11.8. The van der Waals surface area contributed by atoms with Crippen molar-refractivity contribution in [2.24, 2.45) is 0 Å². The average Bonchev–Trinajstić information content (AvgIpc) is 2.95. The number of carbonyl (C=O) groups excluding carboxylic acids is 5. The second-order valence-electron chi connectivity index (χ2n) is 8.35. The summed E-state index contributed by atoms with van der Waals surface area (Å²) < 4.78 is 16.3. The number of carbonyl (C=O) groups is 5. The van der Waals surface area contributed by atoms with E-state index in [0.717, 1.165) is 4.90 Å². The van der Waals surface area contributed by atoms with Gasteiger partial charge in [-0.15, -0.1) is 0 Å². The normalized spacial score (nSPS) is 14.0. The lowest BCUT2D eigenvalue weighted by Crippen LogP contribution is -2.54. The minimum atomic E-state index is -0.936. The van der Waals surface area contributed by atoms with Crippen LogP contribution in [0.5, 0.6) is 11.5 Å². The molecular weight excluding hydrogens is 669 g/mol. The number of halogens is 2. The lowest BCUT2D eigenvalue weighted by Gasteiger charge is -2.26. The first-order valence-corrected chi connectivity index (χ1v) is 13.2. The van der Waals surface area contributed by atoms with E-state index in [0.29, 0.717) is 19.8 Å². The van der Waals surface area contributed by atoms with Gasteiger partial charge in [-0.05, 0) is 82.8 Å². The minimum Gasteiger partial charge on any atom is -0.493 e. The number of imide groups is 2. The molecule has 2 N–H and O–H groups in total. The van der Waals surface area contributed by atoms with E-state index in [9.17, 15) is 24.0 Å². The molecule has 0 aliphatic carbocycles. The Balaban J connectivity index is 1.56. The summed E-state index contributed by atoms with van der Waals surface area (Å²) in [7, 11) is 2.63. The molecule has 0 spiro atoms. The number of esters is 1. The van der Waals surface area contributed by atoms with Crippen LogP contribution in [0, 0.1) is 3.57 Å². The molecular formula is C28H21ClIN3O8. The lowest BCUT2D eigenvalue weighted by molar-refractivity contribution is -0.122. The van der Waals surface area contributed by atoms with Crippen LogP contribution in [-0.4, -0.2) is 50.5 Å². The monoisotopic (exact) mass is 689 g/mol. The van der Waals surface area contributed by atoms with Crippen LogP contribution in [0.25, 0.3) is 6.08 Å². The van der Waals surface area contributed by atoms with Gasteiger partial charge >= 0.3 is 12.0 Å². The summed E-state index contributed by atoms with van der Waals surface area (Å²) in [6.45, 7) is -0.343. The Kier molecular flexibility index (Phi) is 9.24. The summed E-state index contributed by atoms with van der Waals surface area (Å²) in [5.41, 5.74) is 0.886. The summed E-state index contributed by atoms with van der Waals surface area (Å²) in [6, 6.07) is 14.5. The number of rotatable bonds is 8. The highest BCUT2D eigenvalue weighted by Crippen LogP contribution is 2.35.